The van der Waals surface area contributed by atoms with Crippen molar-refractivity contribution < 1.29 is 14.4 Å². The van der Waals surface area contributed by atoms with Crippen molar-refractivity contribution in [1.29, 1.82) is 0 Å². The lowest BCUT2D eigenvalue weighted by Gasteiger charge is -2.16. The zero-order valence-corrected chi connectivity index (χ0v) is 19.0. The quantitative estimate of drug-likeness (QED) is 0.444. The number of aromatic nitrogens is 6. The molecule has 0 radical (unpaired) electrons. The maximum atomic E-state index is 12.4. The lowest BCUT2D eigenvalue weighted by atomic mass is 9.98. The van der Waals surface area contributed by atoms with Gasteiger partial charge < -0.3 is 19.8 Å². The first-order chi connectivity index (χ1) is 16.3. The topological polar surface area (TPSA) is 135 Å². The first kappa shape index (κ1) is 21.7. The second kappa shape index (κ2) is 8.34. The third kappa shape index (κ3) is 3.90. The van der Waals surface area contributed by atoms with Crippen molar-refractivity contribution in [2.75, 3.05) is 18.9 Å². The number of aliphatic hydroxyl groups is 1. The van der Waals surface area contributed by atoms with Crippen molar-refractivity contribution in [3.05, 3.63) is 60.2 Å². The summed E-state index contributed by atoms with van der Waals surface area (Å²) in [4.78, 5) is 27.4. The van der Waals surface area contributed by atoms with Gasteiger partial charge in [0.15, 0.2) is 5.76 Å². The van der Waals surface area contributed by atoms with E-state index in [1.807, 2.05) is 32.3 Å². The lowest BCUT2D eigenvalue weighted by molar-refractivity contribution is -0.144. The number of pyridine rings is 1. The van der Waals surface area contributed by atoms with Crippen LogP contribution in [0.15, 0.2) is 53.4 Å². The maximum absolute atomic E-state index is 12.4. The normalized spacial score (nSPS) is 18.9. The Hall–Kier alpha value is -4.12. The molecule has 2 atom stereocenters. The number of carbonyl (C=O) groups is 1. The zero-order valence-electron chi connectivity index (χ0n) is 19.0. The van der Waals surface area contributed by atoms with E-state index in [0.717, 1.165) is 5.56 Å². The molecular formula is C23H24N8O3. The molecule has 1 fully saturated rings. The van der Waals surface area contributed by atoms with Crippen LogP contribution in [0, 0.1) is 0 Å². The SMILES string of the molecule is CC(Nc1nccc(-c2cccc(-c3cc(C4(O)CCN(C)C4=O)on3)n2)n1)c1cnn(C)c1. The molecule has 34 heavy (non-hydrogen) atoms. The number of anilines is 1. The number of amides is 1. The van der Waals surface area contributed by atoms with Crippen molar-refractivity contribution in [2.45, 2.75) is 25.0 Å². The number of nitrogens with zero attached hydrogens (tertiary/aromatic N) is 7. The van der Waals surface area contributed by atoms with E-state index in [9.17, 15) is 9.90 Å². The summed E-state index contributed by atoms with van der Waals surface area (Å²) in [5.74, 6) is 0.177. The van der Waals surface area contributed by atoms with Crippen LogP contribution in [-0.4, -0.2) is 59.4 Å². The van der Waals surface area contributed by atoms with Gasteiger partial charge in [0.1, 0.15) is 5.69 Å². The fraction of sp³-hybridized carbons (Fsp3) is 0.304. The van der Waals surface area contributed by atoms with Crippen molar-refractivity contribution >= 4 is 11.9 Å². The minimum Gasteiger partial charge on any atom is -0.373 e. The molecular weight excluding hydrogens is 436 g/mol. The number of hydrogen-bond donors (Lipinski definition) is 2. The van der Waals surface area contributed by atoms with Crippen LogP contribution in [0.4, 0.5) is 5.95 Å². The molecule has 4 aromatic heterocycles. The van der Waals surface area contributed by atoms with Crippen LogP contribution < -0.4 is 5.32 Å². The first-order valence-corrected chi connectivity index (χ1v) is 10.8. The number of carbonyl (C=O) groups excluding carboxylic acids is 1. The molecule has 1 amide bonds. The summed E-state index contributed by atoms with van der Waals surface area (Å²) < 4.78 is 7.09. The molecule has 0 aliphatic carbocycles. The van der Waals surface area contributed by atoms with E-state index < -0.39 is 11.5 Å². The second-order valence-electron chi connectivity index (χ2n) is 8.40. The van der Waals surface area contributed by atoms with Crippen molar-refractivity contribution in [2.24, 2.45) is 7.05 Å². The number of hydrogen-bond acceptors (Lipinski definition) is 9. The summed E-state index contributed by atoms with van der Waals surface area (Å²) in [6.07, 6.45) is 5.65. The minimum absolute atomic E-state index is 0.0278. The van der Waals surface area contributed by atoms with Gasteiger partial charge >= 0.3 is 0 Å². The van der Waals surface area contributed by atoms with Crippen molar-refractivity contribution in [3.63, 3.8) is 0 Å². The van der Waals surface area contributed by atoms with E-state index in [4.69, 9.17) is 4.52 Å². The zero-order chi connectivity index (χ0) is 23.9. The second-order valence-corrected chi connectivity index (χ2v) is 8.40. The summed E-state index contributed by atoms with van der Waals surface area (Å²) >= 11 is 0. The Balaban J connectivity index is 1.38. The van der Waals surface area contributed by atoms with Gasteiger partial charge in [-0.25, -0.2) is 15.0 Å². The molecule has 1 aliphatic heterocycles. The molecule has 1 saturated heterocycles. The predicted molar refractivity (Wildman–Crippen MR) is 122 cm³/mol. The van der Waals surface area contributed by atoms with E-state index in [1.54, 1.807) is 42.3 Å². The van der Waals surface area contributed by atoms with Gasteiger partial charge in [-0.1, -0.05) is 11.2 Å². The summed E-state index contributed by atoms with van der Waals surface area (Å²) in [5.41, 5.74) is 1.53. The predicted octanol–water partition coefficient (Wildman–Crippen LogP) is 2.15. The molecule has 1 aliphatic rings. The summed E-state index contributed by atoms with van der Waals surface area (Å²) in [6.45, 7) is 2.46. The van der Waals surface area contributed by atoms with Gasteiger partial charge in [-0.15, -0.1) is 0 Å². The Morgan fingerprint density at radius 1 is 1.15 bits per heavy atom. The first-order valence-electron chi connectivity index (χ1n) is 10.8. The molecule has 11 heteroatoms. The van der Waals surface area contributed by atoms with Crippen LogP contribution in [0.3, 0.4) is 0 Å². The smallest absolute Gasteiger partial charge is 0.262 e. The Labute approximate surface area is 195 Å². The van der Waals surface area contributed by atoms with E-state index >= 15 is 0 Å². The Bertz CT molecular complexity index is 1350. The van der Waals surface area contributed by atoms with Gasteiger partial charge in [-0.3, -0.25) is 9.48 Å². The van der Waals surface area contributed by atoms with Crippen molar-refractivity contribution in [1.82, 2.24) is 34.8 Å². The highest BCUT2D eigenvalue weighted by atomic mass is 16.5. The van der Waals surface area contributed by atoms with E-state index in [1.165, 1.54) is 4.90 Å². The van der Waals surface area contributed by atoms with Crippen LogP contribution >= 0.6 is 0 Å². The van der Waals surface area contributed by atoms with Gasteiger partial charge in [0.2, 0.25) is 11.5 Å². The minimum atomic E-state index is -1.70. The molecule has 0 aromatic carbocycles. The number of likely N-dealkylation sites (N-methyl/N-ethyl adjacent to an activating group) is 1. The highest BCUT2D eigenvalue weighted by Gasteiger charge is 2.48. The van der Waals surface area contributed by atoms with E-state index in [-0.39, 0.29) is 18.2 Å². The maximum Gasteiger partial charge on any atom is 0.262 e. The number of aryl methyl sites for hydroxylation is 1. The molecule has 2 N–H and O–H groups in total. The number of rotatable bonds is 6. The molecule has 11 nitrogen and oxygen atoms in total. The number of nitrogens with one attached hydrogen (secondary N) is 1. The average molecular weight is 460 g/mol. The van der Waals surface area contributed by atoms with E-state index in [0.29, 0.717) is 35.3 Å². The third-order valence-corrected chi connectivity index (χ3v) is 5.93. The largest absolute Gasteiger partial charge is 0.373 e. The molecule has 2 unspecified atom stereocenters. The van der Waals surface area contributed by atoms with Gasteiger partial charge in [0, 0.05) is 51.1 Å². The highest BCUT2D eigenvalue weighted by Crippen LogP contribution is 2.34. The van der Waals surface area contributed by atoms with Crippen LogP contribution in [0.2, 0.25) is 0 Å². The monoisotopic (exact) mass is 460 g/mol. The van der Waals surface area contributed by atoms with Crippen LogP contribution in [0.25, 0.3) is 22.8 Å². The van der Waals surface area contributed by atoms with Crippen LogP contribution in [-0.2, 0) is 17.4 Å². The Kier molecular flexibility index (Phi) is 5.33. The van der Waals surface area contributed by atoms with Gasteiger partial charge in [0.25, 0.3) is 5.91 Å². The lowest BCUT2D eigenvalue weighted by Crippen LogP contribution is -2.35. The summed E-state index contributed by atoms with van der Waals surface area (Å²) in [6, 6.07) is 8.76. The molecule has 0 bridgehead atoms. The molecule has 174 valence electrons. The van der Waals surface area contributed by atoms with Gasteiger partial charge in [-0.05, 0) is 25.1 Å². The van der Waals surface area contributed by atoms with Gasteiger partial charge in [0.05, 0.1) is 29.3 Å². The summed E-state index contributed by atoms with van der Waals surface area (Å²) in [7, 11) is 3.51. The Morgan fingerprint density at radius 3 is 2.62 bits per heavy atom. The molecule has 5 rings (SSSR count). The fourth-order valence-corrected chi connectivity index (χ4v) is 3.90. The molecule has 0 spiro atoms. The van der Waals surface area contributed by atoms with Gasteiger partial charge in [-0.2, -0.15) is 5.10 Å². The fourth-order valence-electron chi connectivity index (χ4n) is 3.90. The van der Waals surface area contributed by atoms with Crippen LogP contribution in [0.5, 0.6) is 0 Å². The molecule has 5 heterocycles. The standard InChI is InChI=1S/C23H24N8O3/c1-14(15-12-25-31(3)13-15)26-22-24-9-7-18(28-22)16-5-4-6-17(27-16)19-11-20(34-29-19)23(33)8-10-30(2)21(23)32/h4-7,9,11-14,33H,8,10H2,1-3H3,(H,24,26,28). The van der Waals surface area contributed by atoms with Crippen LogP contribution in [0.1, 0.15) is 30.7 Å². The number of likely N-dealkylation sites (tertiary alicyclic amines) is 1. The van der Waals surface area contributed by atoms with E-state index in [2.05, 4.69) is 30.5 Å². The average Bonchev–Trinajstić information content (AvgIpc) is 3.57. The third-order valence-electron chi connectivity index (χ3n) is 5.93. The summed E-state index contributed by atoms with van der Waals surface area (Å²) in [5, 5.41) is 22.3. The molecule has 0 saturated carbocycles. The Morgan fingerprint density at radius 2 is 1.91 bits per heavy atom. The highest BCUT2D eigenvalue weighted by molar-refractivity contribution is 5.87. The molecule has 4 aromatic rings. The van der Waals surface area contributed by atoms with Crippen molar-refractivity contribution in [3.8, 4) is 22.8 Å².